The van der Waals surface area contributed by atoms with Crippen LogP contribution in [0, 0.1) is 16.0 Å². The number of likely N-dealkylation sites (tertiary alicyclic amines) is 1. The van der Waals surface area contributed by atoms with Gasteiger partial charge in [-0.15, -0.1) is 10.2 Å². The van der Waals surface area contributed by atoms with E-state index in [2.05, 4.69) is 20.8 Å². The number of amides is 3. The Morgan fingerprint density at radius 3 is 2.92 bits per heavy atom. The summed E-state index contributed by atoms with van der Waals surface area (Å²) >= 11 is 1.23. The monoisotopic (exact) mass is 376 g/mol. The molecule has 2 aromatic rings. The largest absolute Gasteiger partial charge is 0.324 e. The van der Waals surface area contributed by atoms with Crippen LogP contribution in [0.1, 0.15) is 12.8 Å². The molecule has 10 nitrogen and oxygen atoms in total. The first-order valence-electron chi connectivity index (χ1n) is 7.90. The van der Waals surface area contributed by atoms with Crippen molar-refractivity contribution in [2.75, 3.05) is 23.7 Å². The fourth-order valence-electron chi connectivity index (χ4n) is 2.71. The molecule has 0 aliphatic carbocycles. The number of benzene rings is 1. The summed E-state index contributed by atoms with van der Waals surface area (Å²) in [5.41, 5.74) is 1.76. The Bertz CT molecular complexity index is 812. The highest BCUT2D eigenvalue weighted by molar-refractivity contribution is 7.13. The van der Waals surface area contributed by atoms with Crippen molar-refractivity contribution in [3.05, 3.63) is 39.9 Å². The van der Waals surface area contributed by atoms with E-state index in [1.807, 2.05) is 0 Å². The van der Waals surface area contributed by atoms with Crippen LogP contribution >= 0.6 is 11.3 Å². The Morgan fingerprint density at radius 2 is 2.19 bits per heavy atom. The molecule has 0 spiro atoms. The van der Waals surface area contributed by atoms with Gasteiger partial charge in [0.25, 0.3) is 5.69 Å². The van der Waals surface area contributed by atoms with E-state index in [-0.39, 0.29) is 30.1 Å². The van der Waals surface area contributed by atoms with Crippen LogP contribution in [0.2, 0.25) is 0 Å². The highest BCUT2D eigenvalue weighted by Crippen LogP contribution is 2.21. The number of hydrogen-bond donors (Lipinski definition) is 2. The van der Waals surface area contributed by atoms with Crippen molar-refractivity contribution in [1.82, 2.24) is 15.1 Å². The summed E-state index contributed by atoms with van der Waals surface area (Å²) < 4.78 is 0. The van der Waals surface area contributed by atoms with E-state index in [9.17, 15) is 19.7 Å². The fraction of sp³-hybridized carbons (Fsp3) is 0.333. The lowest BCUT2D eigenvalue weighted by Crippen LogP contribution is -2.45. The smallest absolute Gasteiger partial charge is 0.321 e. The first-order valence-corrected chi connectivity index (χ1v) is 8.78. The minimum absolute atomic E-state index is 0.101. The van der Waals surface area contributed by atoms with Gasteiger partial charge in [-0.3, -0.25) is 14.9 Å². The van der Waals surface area contributed by atoms with E-state index < -0.39 is 4.92 Å². The van der Waals surface area contributed by atoms with Crippen molar-refractivity contribution < 1.29 is 14.5 Å². The zero-order valence-electron chi connectivity index (χ0n) is 13.6. The SMILES string of the molecule is O=C(Nc1nncs1)C1CCCN(C(=O)Nc2cccc([N+](=O)[O-])c2)C1. The Kier molecular flexibility index (Phi) is 5.37. The highest BCUT2D eigenvalue weighted by atomic mass is 32.1. The van der Waals surface area contributed by atoms with E-state index in [0.717, 1.165) is 0 Å². The molecule has 2 N–H and O–H groups in total. The number of rotatable bonds is 4. The van der Waals surface area contributed by atoms with Gasteiger partial charge in [0.15, 0.2) is 0 Å². The molecule has 1 saturated heterocycles. The molecule has 136 valence electrons. The van der Waals surface area contributed by atoms with Crippen molar-refractivity contribution in [3.8, 4) is 0 Å². The normalized spacial score (nSPS) is 16.8. The number of anilines is 2. The summed E-state index contributed by atoms with van der Waals surface area (Å²) in [5.74, 6) is -0.543. The number of carbonyl (C=O) groups excluding carboxylic acids is 2. The summed E-state index contributed by atoms with van der Waals surface area (Å²) in [6, 6.07) is 5.33. The van der Waals surface area contributed by atoms with Crippen LogP contribution < -0.4 is 10.6 Å². The molecule has 1 aromatic heterocycles. The zero-order valence-corrected chi connectivity index (χ0v) is 14.4. The van der Waals surface area contributed by atoms with Gasteiger partial charge in [-0.1, -0.05) is 17.4 Å². The number of carbonyl (C=O) groups is 2. The van der Waals surface area contributed by atoms with Crippen LogP contribution in [0.25, 0.3) is 0 Å². The molecular weight excluding hydrogens is 360 g/mol. The Morgan fingerprint density at radius 1 is 1.35 bits per heavy atom. The number of piperidine rings is 1. The molecule has 1 aliphatic heterocycles. The predicted molar refractivity (Wildman–Crippen MR) is 95.0 cm³/mol. The van der Waals surface area contributed by atoms with Crippen LogP contribution in [0.3, 0.4) is 0 Å². The van der Waals surface area contributed by atoms with Gasteiger partial charge in [0, 0.05) is 30.9 Å². The van der Waals surface area contributed by atoms with Gasteiger partial charge in [-0.05, 0) is 18.9 Å². The average Bonchev–Trinajstić information content (AvgIpc) is 3.15. The number of aromatic nitrogens is 2. The maximum absolute atomic E-state index is 12.4. The third-order valence-electron chi connectivity index (χ3n) is 3.98. The number of urea groups is 1. The van der Waals surface area contributed by atoms with Crippen LogP contribution in [0.4, 0.5) is 21.3 Å². The fourth-order valence-corrected chi connectivity index (χ4v) is 3.16. The lowest BCUT2D eigenvalue weighted by molar-refractivity contribution is -0.384. The van der Waals surface area contributed by atoms with Crippen LogP contribution in [0.15, 0.2) is 29.8 Å². The lowest BCUT2D eigenvalue weighted by atomic mass is 9.97. The summed E-state index contributed by atoms with van der Waals surface area (Å²) in [6.45, 7) is 0.786. The first kappa shape index (κ1) is 17.7. The molecule has 0 bridgehead atoms. The van der Waals surface area contributed by atoms with Gasteiger partial charge in [0.05, 0.1) is 10.8 Å². The van der Waals surface area contributed by atoms with Gasteiger partial charge in [0.2, 0.25) is 11.0 Å². The molecule has 3 rings (SSSR count). The minimum atomic E-state index is -0.523. The molecule has 2 heterocycles. The topological polar surface area (TPSA) is 130 Å². The number of non-ortho nitro benzene ring substituents is 1. The molecule has 0 saturated carbocycles. The van der Waals surface area contributed by atoms with E-state index in [1.165, 1.54) is 39.9 Å². The maximum Gasteiger partial charge on any atom is 0.321 e. The average molecular weight is 376 g/mol. The van der Waals surface area contributed by atoms with Crippen molar-refractivity contribution in [2.45, 2.75) is 12.8 Å². The second-order valence-corrected chi connectivity index (χ2v) is 6.59. The summed E-state index contributed by atoms with van der Waals surface area (Å²) in [7, 11) is 0. The van der Waals surface area contributed by atoms with Gasteiger partial charge in [-0.25, -0.2) is 4.79 Å². The minimum Gasteiger partial charge on any atom is -0.324 e. The molecule has 26 heavy (non-hydrogen) atoms. The summed E-state index contributed by atoms with van der Waals surface area (Å²) in [6.07, 6.45) is 1.36. The number of nitro groups is 1. The molecular formula is C15H16N6O4S. The third kappa shape index (κ3) is 4.30. The molecule has 11 heteroatoms. The van der Waals surface area contributed by atoms with E-state index >= 15 is 0 Å². The predicted octanol–water partition coefficient (Wildman–Crippen LogP) is 2.33. The van der Waals surface area contributed by atoms with Gasteiger partial charge >= 0.3 is 6.03 Å². The number of nitro benzene ring substituents is 1. The molecule has 1 unspecified atom stereocenters. The second kappa shape index (κ2) is 7.87. The van der Waals surface area contributed by atoms with E-state index in [4.69, 9.17) is 0 Å². The number of nitrogens with one attached hydrogen (secondary N) is 2. The zero-order chi connectivity index (χ0) is 18.5. The lowest BCUT2D eigenvalue weighted by Gasteiger charge is -2.31. The van der Waals surface area contributed by atoms with Crippen LogP contribution in [0.5, 0.6) is 0 Å². The molecule has 3 amide bonds. The Balaban J connectivity index is 1.60. The van der Waals surface area contributed by atoms with Crippen LogP contribution in [-0.4, -0.2) is 45.0 Å². The second-order valence-electron chi connectivity index (χ2n) is 5.76. The molecule has 0 radical (unpaired) electrons. The van der Waals surface area contributed by atoms with E-state index in [1.54, 1.807) is 6.07 Å². The first-order chi connectivity index (χ1) is 12.5. The van der Waals surface area contributed by atoms with Crippen LogP contribution in [-0.2, 0) is 4.79 Å². The summed E-state index contributed by atoms with van der Waals surface area (Å²) in [5, 5.41) is 24.0. The molecule has 1 aliphatic rings. The van der Waals surface area contributed by atoms with Crippen molar-refractivity contribution in [1.29, 1.82) is 0 Å². The maximum atomic E-state index is 12.4. The Labute approximate surface area is 152 Å². The quantitative estimate of drug-likeness (QED) is 0.622. The Hall–Kier alpha value is -3.08. The highest BCUT2D eigenvalue weighted by Gasteiger charge is 2.29. The van der Waals surface area contributed by atoms with Crippen molar-refractivity contribution >= 4 is 39.8 Å². The summed E-state index contributed by atoms with van der Waals surface area (Å²) in [4.78, 5) is 36.6. The van der Waals surface area contributed by atoms with E-state index in [0.29, 0.717) is 30.2 Å². The van der Waals surface area contributed by atoms with Crippen molar-refractivity contribution in [3.63, 3.8) is 0 Å². The molecule has 1 aromatic carbocycles. The van der Waals surface area contributed by atoms with Gasteiger partial charge in [-0.2, -0.15) is 0 Å². The number of hydrogen-bond acceptors (Lipinski definition) is 7. The molecule has 1 fully saturated rings. The third-order valence-corrected chi connectivity index (χ3v) is 4.58. The van der Waals surface area contributed by atoms with Crippen molar-refractivity contribution in [2.24, 2.45) is 5.92 Å². The van der Waals surface area contributed by atoms with Gasteiger partial charge < -0.3 is 15.5 Å². The standard InChI is InChI=1S/C15H16N6O4S/c22-13(18-14-19-16-9-26-14)10-3-2-6-20(8-10)15(23)17-11-4-1-5-12(7-11)21(24)25/h1,4-5,7,9-10H,2-3,6,8H2,(H,17,23)(H,18,19,22). The number of nitrogens with zero attached hydrogens (tertiary/aromatic N) is 4. The van der Waals surface area contributed by atoms with Gasteiger partial charge in [0.1, 0.15) is 5.51 Å². The molecule has 1 atom stereocenters.